The van der Waals surface area contributed by atoms with E-state index in [2.05, 4.69) is 96.8 Å². The summed E-state index contributed by atoms with van der Waals surface area (Å²) in [4.78, 5) is 12.4. The van der Waals surface area contributed by atoms with Crippen molar-refractivity contribution >= 4 is 28.7 Å². The van der Waals surface area contributed by atoms with E-state index in [9.17, 15) is 0 Å². The Morgan fingerprint density at radius 1 is 0.872 bits per heavy atom. The predicted octanol–water partition coefficient (Wildman–Crippen LogP) is 6.83. The van der Waals surface area contributed by atoms with Crippen LogP contribution >= 0.6 is 0 Å². The number of hydrogen-bond acceptors (Lipinski definition) is 6. The van der Waals surface area contributed by atoms with Gasteiger partial charge >= 0.3 is 0 Å². The fourth-order valence-electron chi connectivity index (χ4n) is 5.43. The van der Waals surface area contributed by atoms with E-state index in [1.165, 1.54) is 29.7 Å². The maximum Gasteiger partial charge on any atom is 0.133 e. The largest absolute Gasteiger partial charge is 0.497 e. The normalized spacial score (nSPS) is 16.0. The maximum atomic E-state index is 5.33. The minimum atomic E-state index is 0.0815. The van der Waals surface area contributed by atoms with Gasteiger partial charge in [0.15, 0.2) is 0 Å². The first-order valence-corrected chi connectivity index (χ1v) is 14.2. The molecular weight excluding hydrogens is 482 g/mol. The van der Waals surface area contributed by atoms with Crippen LogP contribution in [0.25, 0.3) is 5.70 Å². The number of piperazine rings is 1. The van der Waals surface area contributed by atoms with E-state index in [-0.39, 0.29) is 5.41 Å². The smallest absolute Gasteiger partial charge is 0.133 e. The molecule has 6 nitrogen and oxygen atoms in total. The minimum absolute atomic E-state index is 0.0815. The molecule has 0 spiro atoms. The van der Waals surface area contributed by atoms with Gasteiger partial charge in [-0.15, -0.1) is 0 Å². The number of hydrogen-bond donors (Lipinski definition) is 1. The molecule has 0 bridgehead atoms. The van der Waals surface area contributed by atoms with Crippen LogP contribution in [0.5, 0.6) is 5.75 Å². The lowest BCUT2D eigenvalue weighted by molar-refractivity contribution is 0.415. The summed E-state index contributed by atoms with van der Waals surface area (Å²) in [7, 11) is 1.71. The van der Waals surface area contributed by atoms with Gasteiger partial charge in [0.25, 0.3) is 0 Å². The van der Waals surface area contributed by atoms with Gasteiger partial charge in [-0.05, 0) is 78.8 Å². The minimum Gasteiger partial charge on any atom is -0.497 e. The Morgan fingerprint density at radius 2 is 1.54 bits per heavy atom. The van der Waals surface area contributed by atoms with Crippen LogP contribution in [-0.4, -0.2) is 56.3 Å². The lowest BCUT2D eigenvalue weighted by Crippen LogP contribution is -2.46. The number of aromatic nitrogens is 1. The fraction of sp³-hybridized carbons (Fsp3) is 0.424. The van der Waals surface area contributed by atoms with Gasteiger partial charge in [0.1, 0.15) is 17.4 Å². The van der Waals surface area contributed by atoms with Crippen LogP contribution in [0.15, 0.2) is 61.2 Å². The molecule has 0 aliphatic carbocycles. The summed E-state index contributed by atoms with van der Waals surface area (Å²) in [5, 5.41) is 3.68. The van der Waals surface area contributed by atoms with Crippen LogP contribution in [0, 0.1) is 6.92 Å². The lowest BCUT2D eigenvalue weighted by Gasteiger charge is -2.37. The zero-order valence-corrected chi connectivity index (χ0v) is 24.3. The number of nitrogens with one attached hydrogen (secondary N) is 1. The molecule has 2 saturated heterocycles. The van der Waals surface area contributed by atoms with E-state index in [4.69, 9.17) is 9.72 Å². The molecule has 39 heavy (non-hydrogen) atoms. The molecule has 2 aromatic carbocycles. The number of methoxy groups -OCH3 is 1. The monoisotopic (exact) mass is 525 g/mol. The predicted molar refractivity (Wildman–Crippen MR) is 165 cm³/mol. The molecule has 2 aliphatic heterocycles. The Bertz CT molecular complexity index is 1300. The molecule has 2 aliphatic rings. The van der Waals surface area contributed by atoms with E-state index in [1.807, 2.05) is 12.1 Å². The van der Waals surface area contributed by atoms with Crippen molar-refractivity contribution in [3.05, 3.63) is 77.9 Å². The summed E-state index contributed by atoms with van der Waals surface area (Å²) in [5.74, 6) is 2.77. The van der Waals surface area contributed by atoms with Crippen LogP contribution < -0.4 is 19.9 Å². The number of aryl methyl sites for hydroxylation is 1. The summed E-state index contributed by atoms with van der Waals surface area (Å²) >= 11 is 0. The molecule has 5 rings (SSSR count). The van der Waals surface area contributed by atoms with Gasteiger partial charge in [0.05, 0.1) is 7.11 Å². The Hall–Kier alpha value is -3.67. The van der Waals surface area contributed by atoms with Crippen molar-refractivity contribution in [2.24, 2.45) is 0 Å². The average molecular weight is 526 g/mol. The Kier molecular flexibility index (Phi) is 7.74. The van der Waals surface area contributed by atoms with Gasteiger partial charge < -0.3 is 24.8 Å². The molecule has 3 heterocycles. The zero-order valence-electron chi connectivity index (χ0n) is 24.3. The third-order valence-corrected chi connectivity index (χ3v) is 8.04. The number of likely N-dealkylation sites (tertiary alicyclic amines) is 1. The van der Waals surface area contributed by atoms with Crippen molar-refractivity contribution in [2.45, 2.75) is 46.0 Å². The molecule has 0 radical (unpaired) electrons. The molecule has 3 aromatic rings. The van der Waals surface area contributed by atoms with Gasteiger partial charge in [-0.2, -0.15) is 0 Å². The highest BCUT2D eigenvalue weighted by Gasteiger charge is 2.22. The standard InChI is InChI=1S/C33H43N5O/c1-24-9-10-27(33(3,4)5)23-30(24)34-31-21-26(25(2)36-15-7-8-16-36)22-32(35-31)38-19-17-37(18-20-38)28-11-13-29(39-6)14-12-28/h9-14,21-23H,2,7-8,15-20H2,1,3-6H3,(H,34,35). The second kappa shape index (κ2) is 11.2. The van der Waals surface area contributed by atoms with Crippen LogP contribution in [0.2, 0.25) is 0 Å². The van der Waals surface area contributed by atoms with E-state index >= 15 is 0 Å². The van der Waals surface area contributed by atoms with E-state index in [0.717, 1.165) is 73.6 Å². The Labute approximate surface area is 234 Å². The Morgan fingerprint density at radius 3 is 2.18 bits per heavy atom. The van der Waals surface area contributed by atoms with Crippen LogP contribution in [0.3, 0.4) is 0 Å². The number of ether oxygens (including phenoxy) is 1. The highest BCUT2D eigenvalue weighted by Crippen LogP contribution is 2.32. The second-order valence-electron chi connectivity index (χ2n) is 11.8. The van der Waals surface area contributed by atoms with Gasteiger partial charge in [-0.25, -0.2) is 4.98 Å². The lowest BCUT2D eigenvalue weighted by atomic mass is 9.86. The molecule has 0 unspecified atom stereocenters. The van der Waals surface area contributed by atoms with Crippen molar-refractivity contribution in [1.82, 2.24) is 9.88 Å². The van der Waals surface area contributed by atoms with Gasteiger partial charge in [0.2, 0.25) is 0 Å². The molecule has 0 atom stereocenters. The number of rotatable bonds is 7. The van der Waals surface area contributed by atoms with Crippen LogP contribution in [-0.2, 0) is 5.41 Å². The van der Waals surface area contributed by atoms with E-state index in [1.54, 1.807) is 7.11 Å². The Balaban J connectivity index is 1.40. The van der Waals surface area contributed by atoms with E-state index in [0.29, 0.717) is 0 Å². The first-order valence-electron chi connectivity index (χ1n) is 14.2. The quantitative estimate of drug-likeness (QED) is 0.365. The summed E-state index contributed by atoms with van der Waals surface area (Å²) in [6, 6.07) is 19.5. The molecule has 1 N–H and O–H groups in total. The molecule has 206 valence electrons. The highest BCUT2D eigenvalue weighted by molar-refractivity contribution is 5.71. The fourth-order valence-corrected chi connectivity index (χ4v) is 5.43. The number of pyridine rings is 1. The van der Waals surface area contributed by atoms with E-state index < -0.39 is 0 Å². The van der Waals surface area contributed by atoms with Crippen LogP contribution in [0.4, 0.5) is 23.0 Å². The molecule has 0 amide bonds. The zero-order chi connectivity index (χ0) is 27.6. The summed E-state index contributed by atoms with van der Waals surface area (Å²) in [6.07, 6.45) is 2.46. The topological polar surface area (TPSA) is 43.9 Å². The second-order valence-corrected chi connectivity index (χ2v) is 11.8. The van der Waals surface area contributed by atoms with Crippen molar-refractivity contribution in [2.75, 3.05) is 61.5 Å². The molecule has 1 aromatic heterocycles. The summed E-state index contributed by atoms with van der Waals surface area (Å²) in [5.41, 5.74) is 7.18. The maximum absolute atomic E-state index is 5.33. The third-order valence-electron chi connectivity index (χ3n) is 8.04. The average Bonchev–Trinajstić information content (AvgIpc) is 3.48. The molecule has 6 heteroatoms. The molecule has 0 saturated carbocycles. The molecule has 2 fully saturated rings. The highest BCUT2D eigenvalue weighted by atomic mass is 16.5. The third kappa shape index (κ3) is 6.16. The number of nitrogens with zero attached hydrogens (tertiary/aromatic N) is 4. The van der Waals surface area contributed by atoms with Gasteiger partial charge in [-0.3, -0.25) is 0 Å². The SMILES string of the molecule is C=C(c1cc(Nc2cc(C(C)(C)C)ccc2C)nc(N2CCN(c3ccc(OC)cc3)CC2)c1)N1CCCC1. The summed E-state index contributed by atoms with van der Waals surface area (Å²) in [6.45, 7) is 19.3. The van der Waals surface area contributed by atoms with Crippen molar-refractivity contribution in [3.63, 3.8) is 0 Å². The number of benzene rings is 2. The van der Waals surface area contributed by atoms with Crippen LogP contribution in [0.1, 0.15) is 50.3 Å². The van der Waals surface area contributed by atoms with Crippen molar-refractivity contribution < 1.29 is 4.74 Å². The van der Waals surface area contributed by atoms with Gasteiger partial charge in [-0.1, -0.05) is 39.5 Å². The first-order chi connectivity index (χ1) is 18.7. The van der Waals surface area contributed by atoms with Crippen molar-refractivity contribution in [1.29, 1.82) is 0 Å². The molecular formula is C33H43N5O. The van der Waals surface area contributed by atoms with Crippen molar-refractivity contribution in [3.8, 4) is 5.75 Å². The first kappa shape index (κ1) is 26.9. The summed E-state index contributed by atoms with van der Waals surface area (Å²) < 4.78 is 5.33. The van der Waals surface area contributed by atoms with Gasteiger partial charge in [0, 0.05) is 61.9 Å². The number of anilines is 4.